The van der Waals surface area contributed by atoms with Gasteiger partial charge in [-0.15, -0.1) is 0 Å². The van der Waals surface area contributed by atoms with E-state index in [0.717, 1.165) is 41.1 Å². The van der Waals surface area contributed by atoms with Crippen molar-refractivity contribution in [2.75, 3.05) is 14.2 Å². The minimum atomic E-state index is -0.182. The van der Waals surface area contributed by atoms with Gasteiger partial charge in [-0.2, -0.15) is 10.2 Å². The summed E-state index contributed by atoms with van der Waals surface area (Å²) in [7, 11) is 3.24. The molecule has 1 aromatic carbocycles. The Hall–Kier alpha value is -3.29. The summed E-state index contributed by atoms with van der Waals surface area (Å²) in [6.45, 7) is 8.18. The van der Waals surface area contributed by atoms with E-state index >= 15 is 0 Å². The van der Waals surface area contributed by atoms with Crippen LogP contribution in [0.5, 0.6) is 11.5 Å². The highest BCUT2D eigenvalue weighted by Gasteiger charge is 2.27. The molecule has 0 bridgehead atoms. The number of aromatic nitrogens is 4. The number of rotatable bonds is 6. The molecule has 1 amide bonds. The predicted molar refractivity (Wildman–Crippen MR) is 118 cm³/mol. The van der Waals surface area contributed by atoms with E-state index < -0.39 is 0 Å². The number of hydrogen-bond acceptors (Lipinski definition) is 5. The van der Waals surface area contributed by atoms with Gasteiger partial charge in [0.2, 0.25) is 0 Å². The van der Waals surface area contributed by atoms with E-state index in [9.17, 15) is 4.79 Å². The maximum atomic E-state index is 13.0. The Labute approximate surface area is 181 Å². The Morgan fingerprint density at radius 1 is 1.19 bits per heavy atom. The molecule has 0 aliphatic heterocycles. The van der Waals surface area contributed by atoms with Crippen molar-refractivity contribution >= 4 is 5.91 Å². The molecular formula is C23H29N5O3. The number of H-pyrrole nitrogens is 1. The molecular weight excluding hydrogens is 394 g/mol. The second kappa shape index (κ2) is 8.09. The molecule has 8 heteroatoms. The molecule has 3 aromatic rings. The second-order valence-electron chi connectivity index (χ2n) is 8.22. The van der Waals surface area contributed by atoms with Crippen LogP contribution in [-0.2, 0) is 6.42 Å². The van der Waals surface area contributed by atoms with Crippen LogP contribution in [0.15, 0.2) is 18.2 Å². The normalized spacial score (nSPS) is 15.3. The summed E-state index contributed by atoms with van der Waals surface area (Å²) >= 11 is 0. The van der Waals surface area contributed by atoms with E-state index in [1.165, 1.54) is 5.56 Å². The van der Waals surface area contributed by atoms with Gasteiger partial charge in [-0.25, -0.2) is 0 Å². The molecule has 1 aliphatic rings. The van der Waals surface area contributed by atoms with Gasteiger partial charge in [-0.05, 0) is 69.9 Å². The van der Waals surface area contributed by atoms with Crippen LogP contribution >= 0.6 is 0 Å². The molecule has 164 valence electrons. The van der Waals surface area contributed by atoms with Crippen molar-refractivity contribution in [3.8, 4) is 22.8 Å². The number of amides is 1. The van der Waals surface area contributed by atoms with Crippen LogP contribution in [0.1, 0.15) is 65.4 Å². The highest BCUT2D eigenvalue weighted by molar-refractivity contribution is 5.93. The van der Waals surface area contributed by atoms with Gasteiger partial charge in [-0.3, -0.25) is 14.6 Å². The molecule has 0 saturated carbocycles. The summed E-state index contributed by atoms with van der Waals surface area (Å²) in [4.78, 5) is 13.0. The van der Waals surface area contributed by atoms with Crippen LogP contribution in [0.4, 0.5) is 0 Å². The fourth-order valence-corrected chi connectivity index (χ4v) is 4.42. The Morgan fingerprint density at radius 3 is 2.55 bits per heavy atom. The van der Waals surface area contributed by atoms with E-state index in [0.29, 0.717) is 17.2 Å². The van der Waals surface area contributed by atoms with Gasteiger partial charge >= 0.3 is 0 Å². The number of ether oxygens (including phenoxy) is 2. The topological polar surface area (TPSA) is 94.1 Å². The summed E-state index contributed by atoms with van der Waals surface area (Å²) < 4.78 is 12.8. The van der Waals surface area contributed by atoms with Crippen molar-refractivity contribution in [2.24, 2.45) is 0 Å². The lowest BCUT2D eigenvalue weighted by Gasteiger charge is -2.15. The quantitative estimate of drug-likeness (QED) is 0.627. The van der Waals surface area contributed by atoms with Gasteiger partial charge in [-0.1, -0.05) is 0 Å². The fraction of sp³-hybridized carbons (Fsp3) is 0.435. The van der Waals surface area contributed by atoms with Gasteiger partial charge in [0.05, 0.1) is 31.6 Å². The molecule has 2 aromatic heterocycles. The lowest BCUT2D eigenvalue weighted by atomic mass is 10.1. The van der Waals surface area contributed by atoms with Crippen LogP contribution < -0.4 is 14.8 Å². The number of carbonyl (C=O) groups is 1. The molecule has 0 radical (unpaired) electrons. The summed E-state index contributed by atoms with van der Waals surface area (Å²) in [5.74, 6) is 1.19. The van der Waals surface area contributed by atoms with Crippen LogP contribution in [0.3, 0.4) is 0 Å². The molecule has 31 heavy (non-hydrogen) atoms. The average molecular weight is 424 g/mol. The van der Waals surface area contributed by atoms with Crippen LogP contribution in [0.25, 0.3) is 11.3 Å². The molecule has 2 N–H and O–H groups in total. The number of aromatic amines is 1. The van der Waals surface area contributed by atoms with Crippen molar-refractivity contribution in [1.29, 1.82) is 0 Å². The number of hydrogen-bond donors (Lipinski definition) is 2. The Balaban J connectivity index is 1.56. The maximum absolute atomic E-state index is 13.0. The first-order chi connectivity index (χ1) is 14.8. The summed E-state index contributed by atoms with van der Waals surface area (Å²) in [6.07, 6.45) is 1.71. The first kappa shape index (κ1) is 21.0. The summed E-state index contributed by atoms with van der Waals surface area (Å²) in [5, 5.41) is 15.0. The molecule has 1 unspecified atom stereocenters. The smallest absolute Gasteiger partial charge is 0.269 e. The molecule has 1 aliphatic carbocycles. The first-order valence-corrected chi connectivity index (χ1v) is 10.5. The average Bonchev–Trinajstić information content (AvgIpc) is 3.44. The number of carbonyl (C=O) groups excluding carboxylic acids is 1. The minimum absolute atomic E-state index is 0.0822. The molecule has 1 atom stereocenters. The van der Waals surface area contributed by atoms with Gasteiger partial charge in [0.25, 0.3) is 5.91 Å². The van der Waals surface area contributed by atoms with E-state index in [1.54, 1.807) is 20.3 Å². The Morgan fingerprint density at radius 2 is 1.90 bits per heavy atom. The zero-order valence-corrected chi connectivity index (χ0v) is 18.9. The monoisotopic (exact) mass is 423 g/mol. The zero-order valence-electron chi connectivity index (χ0n) is 18.9. The third-order valence-corrected chi connectivity index (χ3v) is 5.92. The lowest BCUT2D eigenvalue weighted by molar-refractivity contribution is 0.0931. The summed E-state index contributed by atoms with van der Waals surface area (Å²) in [6, 6.07) is 5.92. The lowest BCUT2D eigenvalue weighted by Crippen LogP contribution is -2.27. The van der Waals surface area contributed by atoms with E-state index in [1.807, 2.05) is 30.7 Å². The largest absolute Gasteiger partial charge is 0.493 e. The number of nitrogens with one attached hydrogen (secondary N) is 2. The highest BCUT2D eigenvalue weighted by atomic mass is 16.5. The van der Waals surface area contributed by atoms with Crippen LogP contribution in [-0.4, -0.2) is 40.1 Å². The van der Waals surface area contributed by atoms with E-state index in [-0.39, 0.29) is 18.0 Å². The standard InChI is InChI=1S/C23H29N5O3/c1-12(2)28-14(4)22(13(3)27-28)18-11-19(26-25-18)23(29)24-17-8-7-15-9-20(30-5)21(31-6)10-16(15)17/h9-12,17H,7-8H2,1-6H3,(H,24,29)(H,25,26). The molecule has 2 heterocycles. The van der Waals surface area contributed by atoms with Crippen molar-refractivity contribution in [2.45, 2.75) is 52.6 Å². The zero-order chi connectivity index (χ0) is 22.3. The predicted octanol–water partition coefficient (Wildman–Crippen LogP) is 3.91. The number of methoxy groups -OCH3 is 2. The first-order valence-electron chi connectivity index (χ1n) is 10.5. The van der Waals surface area contributed by atoms with Crippen LogP contribution in [0.2, 0.25) is 0 Å². The Bertz CT molecular complexity index is 1130. The molecule has 4 rings (SSSR count). The minimum Gasteiger partial charge on any atom is -0.493 e. The number of fused-ring (bicyclic) bond motifs is 1. The molecule has 8 nitrogen and oxygen atoms in total. The maximum Gasteiger partial charge on any atom is 0.269 e. The fourth-order valence-electron chi connectivity index (χ4n) is 4.42. The van der Waals surface area contributed by atoms with Gasteiger partial charge < -0.3 is 14.8 Å². The van der Waals surface area contributed by atoms with Gasteiger partial charge in [0.1, 0.15) is 5.69 Å². The molecule has 0 saturated heterocycles. The highest BCUT2D eigenvalue weighted by Crippen LogP contribution is 2.39. The van der Waals surface area contributed by atoms with Crippen molar-refractivity contribution in [3.05, 3.63) is 46.4 Å². The van der Waals surface area contributed by atoms with Gasteiger partial charge in [0.15, 0.2) is 11.5 Å². The van der Waals surface area contributed by atoms with Crippen LogP contribution in [0, 0.1) is 13.8 Å². The molecule has 0 spiro atoms. The van der Waals surface area contributed by atoms with E-state index in [2.05, 4.69) is 34.5 Å². The third-order valence-electron chi connectivity index (χ3n) is 5.92. The Kier molecular flexibility index (Phi) is 5.47. The summed E-state index contributed by atoms with van der Waals surface area (Å²) in [5.41, 5.74) is 6.29. The van der Waals surface area contributed by atoms with Crippen molar-refractivity contribution in [3.63, 3.8) is 0 Å². The van der Waals surface area contributed by atoms with Gasteiger partial charge in [0, 0.05) is 17.3 Å². The second-order valence-corrected chi connectivity index (χ2v) is 8.22. The molecule has 0 fully saturated rings. The third kappa shape index (κ3) is 3.66. The number of benzene rings is 1. The SMILES string of the molecule is COc1cc2c(cc1OC)C(NC(=O)c1cc(-c3c(C)nn(C(C)C)c3C)n[nH]1)CC2. The van der Waals surface area contributed by atoms with E-state index in [4.69, 9.17) is 9.47 Å². The number of aryl methyl sites for hydroxylation is 2. The number of nitrogens with zero attached hydrogens (tertiary/aromatic N) is 3. The van der Waals surface area contributed by atoms with Crippen molar-refractivity contribution in [1.82, 2.24) is 25.3 Å². The van der Waals surface area contributed by atoms with Crippen molar-refractivity contribution < 1.29 is 14.3 Å².